The number of aliphatic carboxylic acids is 1. The van der Waals surface area contributed by atoms with Crippen LogP contribution < -0.4 is 20.3 Å². The number of ether oxygens (including phenoxy) is 2. The number of allylic oxidation sites excluding steroid dienone is 1. The normalized spacial score (nSPS) is 13.8. The topological polar surface area (TPSA) is 120 Å². The zero-order valence-corrected chi connectivity index (χ0v) is 17.5. The number of hydrogen-bond acceptors (Lipinski definition) is 6. The number of amides is 1. The third kappa shape index (κ3) is 3.80. The molecule has 0 saturated heterocycles. The average Bonchev–Trinajstić information content (AvgIpc) is 3.17. The van der Waals surface area contributed by atoms with Gasteiger partial charge in [0.25, 0.3) is 5.56 Å². The molecule has 0 unspecified atom stereocenters. The van der Waals surface area contributed by atoms with E-state index in [4.69, 9.17) is 14.6 Å². The van der Waals surface area contributed by atoms with Crippen LogP contribution in [-0.4, -0.2) is 40.3 Å². The number of fused-ring (bicyclic) bond motifs is 2. The first-order chi connectivity index (χ1) is 15.4. The molecule has 0 fully saturated rings. The first-order valence-electron chi connectivity index (χ1n) is 10.0. The Labute approximate surface area is 182 Å². The van der Waals surface area contributed by atoms with Gasteiger partial charge in [0.15, 0.2) is 11.5 Å². The molecular formula is C23H21N3O6. The molecular weight excluding hydrogens is 414 g/mol. The van der Waals surface area contributed by atoms with E-state index < -0.39 is 11.9 Å². The zero-order chi connectivity index (χ0) is 22.8. The lowest BCUT2D eigenvalue weighted by Gasteiger charge is -2.12. The number of carboxylic acid groups (broad SMARTS) is 1. The Balaban J connectivity index is 1.81. The fourth-order valence-corrected chi connectivity index (χ4v) is 3.71. The van der Waals surface area contributed by atoms with Gasteiger partial charge in [-0.1, -0.05) is 12.1 Å². The number of carboxylic acids is 1. The van der Waals surface area contributed by atoms with Crippen LogP contribution in [0.3, 0.4) is 0 Å². The van der Waals surface area contributed by atoms with Crippen LogP contribution >= 0.6 is 0 Å². The Kier molecular flexibility index (Phi) is 5.63. The third-order valence-corrected chi connectivity index (χ3v) is 5.15. The lowest BCUT2D eigenvalue weighted by atomic mass is 10.1. The maximum atomic E-state index is 13.0. The molecule has 0 spiro atoms. The van der Waals surface area contributed by atoms with Crippen LogP contribution in [0.1, 0.15) is 24.7 Å². The van der Waals surface area contributed by atoms with Crippen molar-refractivity contribution in [1.29, 1.82) is 0 Å². The van der Waals surface area contributed by atoms with Gasteiger partial charge in [0.2, 0.25) is 0 Å². The van der Waals surface area contributed by atoms with Gasteiger partial charge in [-0.2, -0.15) is 0 Å². The third-order valence-electron chi connectivity index (χ3n) is 5.15. The van der Waals surface area contributed by atoms with Gasteiger partial charge < -0.3 is 19.9 Å². The van der Waals surface area contributed by atoms with Crippen molar-refractivity contribution >= 4 is 40.1 Å². The molecule has 0 radical (unpaired) electrons. The van der Waals surface area contributed by atoms with Crippen molar-refractivity contribution < 1.29 is 24.2 Å². The Morgan fingerprint density at radius 1 is 1.28 bits per heavy atom. The molecule has 3 aromatic rings. The summed E-state index contributed by atoms with van der Waals surface area (Å²) in [6.45, 7) is 2.86. The summed E-state index contributed by atoms with van der Waals surface area (Å²) in [5, 5.41) is 11.5. The number of nitrogens with one attached hydrogen (secondary N) is 1. The van der Waals surface area contributed by atoms with Gasteiger partial charge in [-0.15, -0.1) is 0 Å². The second-order valence-corrected chi connectivity index (χ2v) is 7.11. The van der Waals surface area contributed by atoms with Crippen molar-refractivity contribution in [2.75, 3.05) is 19.0 Å². The minimum absolute atomic E-state index is 0.194. The van der Waals surface area contributed by atoms with Crippen LogP contribution in [0, 0.1) is 0 Å². The molecule has 0 aliphatic carbocycles. The number of nitrogens with zero attached hydrogens (tertiary/aromatic N) is 2. The number of hydrogen-bond donors (Lipinski definition) is 2. The summed E-state index contributed by atoms with van der Waals surface area (Å²) >= 11 is 0. The van der Waals surface area contributed by atoms with Gasteiger partial charge >= 0.3 is 11.9 Å². The molecule has 164 valence electrons. The Morgan fingerprint density at radius 3 is 2.81 bits per heavy atom. The molecule has 0 bridgehead atoms. The molecule has 2 heterocycles. The van der Waals surface area contributed by atoms with Crippen LogP contribution in [0.15, 0.2) is 41.2 Å². The minimum atomic E-state index is -1.60. The Hall–Kier alpha value is -4.14. The van der Waals surface area contributed by atoms with E-state index in [1.807, 2.05) is 31.2 Å². The van der Waals surface area contributed by atoms with E-state index in [0.717, 1.165) is 11.1 Å². The summed E-state index contributed by atoms with van der Waals surface area (Å²) in [7, 11) is 1.58. The van der Waals surface area contributed by atoms with Crippen LogP contribution in [0.4, 0.5) is 5.69 Å². The first-order valence-corrected chi connectivity index (χ1v) is 10.0. The van der Waals surface area contributed by atoms with Gasteiger partial charge in [0, 0.05) is 17.8 Å². The lowest BCUT2D eigenvalue weighted by molar-refractivity contribution is -0.147. The molecule has 1 amide bonds. The van der Waals surface area contributed by atoms with Crippen LogP contribution in [0.5, 0.6) is 11.5 Å². The highest BCUT2D eigenvalue weighted by atomic mass is 16.5. The number of para-hydroxylation sites is 1. The lowest BCUT2D eigenvalue weighted by Crippen LogP contribution is -2.23. The summed E-state index contributed by atoms with van der Waals surface area (Å²) in [6.07, 6.45) is 2.55. The molecule has 9 heteroatoms. The number of carbonyl (C=O) groups is 2. The number of carbonyl (C=O) groups excluding carboxylic acids is 1. The average molecular weight is 435 g/mol. The van der Waals surface area contributed by atoms with Gasteiger partial charge in [0.05, 0.1) is 24.6 Å². The SMILES string of the molecule is CCOc1c(C=C2CCn3c2nc2cc(NC(=O)C(=O)O)ccc2c3=O)cccc1OC. The Morgan fingerprint density at radius 2 is 2.09 bits per heavy atom. The van der Waals surface area contributed by atoms with E-state index in [9.17, 15) is 14.4 Å². The number of rotatable bonds is 5. The molecule has 1 aliphatic heterocycles. The van der Waals surface area contributed by atoms with Gasteiger partial charge in [-0.05, 0) is 49.3 Å². The molecule has 4 rings (SSSR count). The number of anilines is 1. The van der Waals surface area contributed by atoms with Gasteiger partial charge in [0.1, 0.15) is 5.82 Å². The summed E-state index contributed by atoms with van der Waals surface area (Å²) in [5.41, 5.74) is 2.09. The largest absolute Gasteiger partial charge is 0.493 e. The Bertz CT molecular complexity index is 1330. The molecule has 9 nitrogen and oxygen atoms in total. The van der Waals surface area contributed by atoms with E-state index in [0.29, 0.717) is 47.8 Å². The van der Waals surface area contributed by atoms with Gasteiger partial charge in [-0.25, -0.2) is 9.78 Å². The van der Waals surface area contributed by atoms with Crippen molar-refractivity contribution in [3.63, 3.8) is 0 Å². The maximum absolute atomic E-state index is 13.0. The van der Waals surface area contributed by atoms with E-state index in [1.54, 1.807) is 11.7 Å². The van der Waals surface area contributed by atoms with E-state index in [-0.39, 0.29) is 11.2 Å². The van der Waals surface area contributed by atoms with Gasteiger partial charge in [-0.3, -0.25) is 14.2 Å². The van der Waals surface area contributed by atoms with Crippen LogP contribution in [-0.2, 0) is 16.1 Å². The van der Waals surface area contributed by atoms with E-state index >= 15 is 0 Å². The molecule has 0 saturated carbocycles. The summed E-state index contributed by atoms with van der Waals surface area (Å²) in [6, 6.07) is 10.1. The summed E-state index contributed by atoms with van der Waals surface area (Å²) in [5.74, 6) is -1.01. The molecule has 1 aliphatic rings. The fourth-order valence-electron chi connectivity index (χ4n) is 3.71. The highest BCUT2D eigenvalue weighted by molar-refractivity contribution is 6.36. The smallest absolute Gasteiger partial charge is 0.394 e. The monoisotopic (exact) mass is 435 g/mol. The predicted molar refractivity (Wildman–Crippen MR) is 119 cm³/mol. The summed E-state index contributed by atoms with van der Waals surface area (Å²) in [4.78, 5) is 39.9. The summed E-state index contributed by atoms with van der Waals surface area (Å²) < 4.78 is 12.8. The predicted octanol–water partition coefficient (Wildman–Crippen LogP) is 2.77. The quantitative estimate of drug-likeness (QED) is 0.591. The molecule has 2 aromatic carbocycles. The standard InChI is InChI=1S/C23H21N3O6/c1-3-32-19-13(5-4-6-18(19)31-2)11-14-9-10-26-20(14)25-17-12-15(24-21(27)23(29)30)7-8-16(17)22(26)28/h4-8,11-12H,3,9-10H2,1-2H3,(H,24,27)(H,29,30). The second kappa shape index (κ2) is 8.54. The highest BCUT2D eigenvalue weighted by Crippen LogP contribution is 2.35. The fraction of sp³-hybridized carbons (Fsp3) is 0.217. The van der Waals surface area contributed by atoms with Crippen molar-refractivity contribution in [2.24, 2.45) is 0 Å². The number of aromatic nitrogens is 2. The van der Waals surface area contributed by atoms with Crippen molar-refractivity contribution in [3.05, 3.63) is 58.1 Å². The minimum Gasteiger partial charge on any atom is -0.493 e. The molecule has 0 atom stereocenters. The highest BCUT2D eigenvalue weighted by Gasteiger charge is 2.22. The van der Waals surface area contributed by atoms with Crippen molar-refractivity contribution in [3.8, 4) is 11.5 Å². The molecule has 32 heavy (non-hydrogen) atoms. The maximum Gasteiger partial charge on any atom is 0.394 e. The molecule has 2 N–H and O–H groups in total. The first kappa shape index (κ1) is 21.1. The van der Waals surface area contributed by atoms with Crippen LogP contribution in [0.2, 0.25) is 0 Å². The van der Waals surface area contributed by atoms with E-state index in [1.165, 1.54) is 18.2 Å². The molecule has 1 aromatic heterocycles. The van der Waals surface area contributed by atoms with Crippen molar-refractivity contribution in [1.82, 2.24) is 9.55 Å². The van der Waals surface area contributed by atoms with Crippen LogP contribution in [0.25, 0.3) is 22.6 Å². The second-order valence-electron chi connectivity index (χ2n) is 7.11. The number of benzene rings is 2. The van der Waals surface area contributed by atoms with E-state index in [2.05, 4.69) is 10.3 Å². The zero-order valence-electron chi connectivity index (χ0n) is 17.5. The number of methoxy groups -OCH3 is 1. The van der Waals surface area contributed by atoms with Crippen molar-refractivity contribution in [2.45, 2.75) is 19.9 Å².